The summed E-state index contributed by atoms with van der Waals surface area (Å²) < 4.78 is 2.47. The van der Waals surface area contributed by atoms with Gasteiger partial charge in [-0.3, -0.25) is 4.79 Å². The van der Waals surface area contributed by atoms with Gasteiger partial charge < -0.3 is 5.32 Å². The summed E-state index contributed by atoms with van der Waals surface area (Å²) in [5.74, 6) is -0.326. The Bertz CT molecular complexity index is 1180. The summed E-state index contributed by atoms with van der Waals surface area (Å²) in [7, 11) is 0. The van der Waals surface area contributed by atoms with Crippen molar-refractivity contribution in [3.05, 3.63) is 75.9 Å². The molecular weight excluding hydrogens is 354 g/mol. The molecule has 0 spiro atoms. The second kappa shape index (κ2) is 6.61. The Balaban J connectivity index is 1.58. The summed E-state index contributed by atoms with van der Waals surface area (Å²) in [5, 5.41) is 8.37. The molecule has 1 N–H and O–H groups in total. The quantitative estimate of drug-likeness (QED) is 0.598. The van der Waals surface area contributed by atoms with Gasteiger partial charge in [0.05, 0.1) is 5.52 Å². The van der Waals surface area contributed by atoms with E-state index in [2.05, 4.69) is 15.4 Å². The SMILES string of the molecule is O=C(Cn1nc2c3ccccc3ncn2c1=O)NCc1ccccc1Cl. The Morgan fingerprint density at radius 3 is 2.73 bits per heavy atom. The smallest absolute Gasteiger partial charge is 0.350 e. The minimum absolute atomic E-state index is 0.181. The van der Waals surface area contributed by atoms with Gasteiger partial charge in [-0.1, -0.05) is 41.9 Å². The van der Waals surface area contributed by atoms with Gasteiger partial charge in [0.2, 0.25) is 5.91 Å². The number of hydrogen-bond acceptors (Lipinski definition) is 4. The van der Waals surface area contributed by atoms with Crippen LogP contribution in [0.25, 0.3) is 16.6 Å². The summed E-state index contributed by atoms with van der Waals surface area (Å²) in [5.41, 5.74) is 1.60. The van der Waals surface area contributed by atoms with Crippen molar-refractivity contribution in [2.75, 3.05) is 0 Å². The van der Waals surface area contributed by atoms with Crippen molar-refractivity contribution in [3.63, 3.8) is 0 Å². The van der Waals surface area contributed by atoms with Crippen LogP contribution in [0, 0.1) is 0 Å². The normalized spacial score (nSPS) is 11.1. The first-order chi connectivity index (χ1) is 12.6. The lowest BCUT2D eigenvalue weighted by atomic mass is 10.2. The maximum atomic E-state index is 12.5. The molecule has 26 heavy (non-hydrogen) atoms. The molecule has 4 rings (SSSR count). The Labute approximate surface area is 152 Å². The van der Waals surface area contributed by atoms with Crippen LogP contribution in [0.5, 0.6) is 0 Å². The Hall–Kier alpha value is -3.19. The minimum atomic E-state index is -0.411. The second-order valence-corrected chi connectivity index (χ2v) is 6.17. The zero-order chi connectivity index (χ0) is 18.1. The van der Waals surface area contributed by atoms with E-state index in [0.717, 1.165) is 21.1 Å². The highest BCUT2D eigenvalue weighted by atomic mass is 35.5. The van der Waals surface area contributed by atoms with Crippen LogP contribution in [0.4, 0.5) is 0 Å². The number of fused-ring (bicyclic) bond motifs is 3. The van der Waals surface area contributed by atoms with Crippen LogP contribution in [-0.2, 0) is 17.9 Å². The molecule has 4 aromatic rings. The molecule has 0 saturated carbocycles. The van der Waals surface area contributed by atoms with Gasteiger partial charge >= 0.3 is 5.69 Å². The van der Waals surface area contributed by atoms with Crippen molar-refractivity contribution < 1.29 is 4.79 Å². The predicted molar refractivity (Wildman–Crippen MR) is 98.1 cm³/mol. The number of para-hydroxylation sites is 1. The summed E-state index contributed by atoms with van der Waals surface area (Å²) in [6, 6.07) is 14.7. The van der Waals surface area contributed by atoms with Crippen LogP contribution < -0.4 is 11.0 Å². The lowest BCUT2D eigenvalue weighted by Gasteiger charge is -2.06. The molecule has 0 atom stereocenters. The highest BCUT2D eigenvalue weighted by molar-refractivity contribution is 6.31. The molecule has 0 fully saturated rings. The predicted octanol–water partition coefficient (Wildman–Crippen LogP) is 2.01. The first-order valence-electron chi connectivity index (χ1n) is 7.96. The van der Waals surface area contributed by atoms with Crippen LogP contribution in [-0.4, -0.2) is 25.1 Å². The number of halogens is 1. The lowest BCUT2D eigenvalue weighted by Crippen LogP contribution is -2.32. The van der Waals surface area contributed by atoms with Gasteiger partial charge in [0.25, 0.3) is 0 Å². The van der Waals surface area contributed by atoms with Crippen LogP contribution in [0.1, 0.15) is 5.56 Å². The maximum Gasteiger partial charge on any atom is 0.352 e. The van der Waals surface area contributed by atoms with E-state index in [4.69, 9.17) is 11.6 Å². The van der Waals surface area contributed by atoms with Crippen molar-refractivity contribution in [2.24, 2.45) is 0 Å². The molecule has 2 aromatic heterocycles. The van der Waals surface area contributed by atoms with Gasteiger partial charge in [0.15, 0.2) is 5.65 Å². The fourth-order valence-electron chi connectivity index (χ4n) is 2.73. The number of benzene rings is 2. The standard InChI is InChI=1S/C18H14ClN5O2/c19-14-7-3-1-5-12(14)9-20-16(25)10-24-18(26)23-11-21-15-8-4-2-6-13(15)17(23)22-24/h1-8,11H,9-10H2,(H,20,25). The van der Waals surface area contributed by atoms with Gasteiger partial charge in [-0.05, 0) is 23.8 Å². The number of nitrogens with one attached hydrogen (secondary N) is 1. The van der Waals surface area contributed by atoms with Crippen LogP contribution in [0.2, 0.25) is 5.02 Å². The zero-order valence-corrected chi connectivity index (χ0v) is 14.3. The molecule has 1 amide bonds. The van der Waals surface area contributed by atoms with E-state index in [1.165, 1.54) is 10.7 Å². The van der Waals surface area contributed by atoms with Crippen molar-refractivity contribution in [1.29, 1.82) is 0 Å². The minimum Gasteiger partial charge on any atom is -0.350 e. The molecule has 0 aliphatic heterocycles. The van der Waals surface area contributed by atoms with E-state index in [0.29, 0.717) is 10.7 Å². The third kappa shape index (κ3) is 2.93. The molecule has 0 saturated heterocycles. The van der Waals surface area contributed by atoms with E-state index in [1.54, 1.807) is 6.07 Å². The summed E-state index contributed by atoms with van der Waals surface area (Å²) in [6.45, 7) is 0.102. The van der Waals surface area contributed by atoms with Crippen LogP contribution >= 0.6 is 11.6 Å². The van der Waals surface area contributed by atoms with Gasteiger partial charge in [0, 0.05) is 17.0 Å². The molecule has 0 bridgehead atoms. The molecule has 130 valence electrons. The number of nitrogens with zero attached hydrogens (tertiary/aromatic N) is 4. The molecule has 0 unspecified atom stereocenters. The van der Waals surface area contributed by atoms with Gasteiger partial charge in [-0.25, -0.2) is 18.9 Å². The number of carbonyl (C=O) groups excluding carboxylic acids is 1. The van der Waals surface area contributed by atoms with Gasteiger partial charge in [-0.2, -0.15) is 0 Å². The monoisotopic (exact) mass is 367 g/mol. The van der Waals surface area contributed by atoms with Gasteiger partial charge in [0.1, 0.15) is 12.9 Å². The van der Waals surface area contributed by atoms with Gasteiger partial charge in [-0.15, -0.1) is 5.10 Å². The molecular formula is C18H14ClN5O2. The average Bonchev–Trinajstić information content (AvgIpc) is 2.97. The molecule has 0 aliphatic rings. The summed E-state index contributed by atoms with van der Waals surface area (Å²) in [6.07, 6.45) is 1.42. The zero-order valence-electron chi connectivity index (χ0n) is 13.6. The average molecular weight is 368 g/mol. The van der Waals surface area contributed by atoms with E-state index in [-0.39, 0.29) is 19.0 Å². The van der Waals surface area contributed by atoms with E-state index < -0.39 is 5.69 Å². The number of amides is 1. The first-order valence-corrected chi connectivity index (χ1v) is 8.34. The fourth-order valence-corrected chi connectivity index (χ4v) is 2.94. The largest absolute Gasteiger partial charge is 0.352 e. The Morgan fingerprint density at radius 2 is 1.88 bits per heavy atom. The molecule has 8 heteroatoms. The lowest BCUT2D eigenvalue weighted by molar-refractivity contribution is -0.122. The molecule has 0 radical (unpaired) electrons. The number of carbonyl (C=O) groups is 1. The number of aromatic nitrogens is 4. The molecule has 7 nitrogen and oxygen atoms in total. The Kier molecular flexibility index (Phi) is 4.14. The Morgan fingerprint density at radius 1 is 1.12 bits per heavy atom. The highest BCUT2D eigenvalue weighted by Gasteiger charge is 2.13. The third-order valence-electron chi connectivity index (χ3n) is 4.05. The van der Waals surface area contributed by atoms with Crippen LogP contribution in [0.3, 0.4) is 0 Å². The second-order valence-electron chi connectivity index (χ2n) is 5.76. The summed E-state index contributed by atoms with van der Waals surface area (Å²) >= 11 is 6.07. The molecule has 0 aliphatic carbocycles. The van der Waals surface area contributed by atoms with Crippen molar-refractivity contribution in [2.45, 2.75) is 13.1 Å². The fraction of sp³-hybridized carbons (Fsp3) is 0.111. The summed E-state index contributed by atoms with van der Waals surface area (Å²) in [4.78, 5) is 28.9. The van der Waals surface area contributed by atoms with Crippen LogP contribution in [0.15, 0.2) is 59.7 Å². The van der Waals surface area contributed by atoms with E-state index in [9.17, 15) is 9.59 Å². The molecule has 2 aromatic carbocycles. The van der Waals surface area contributed by atoms with Crippen molar-refractivity contribution >= 4 is 34.1 Å². The number of rotatable bonds is 4. The van der Waals surface area contributed by atoms with E-state index in [1.807, 2.05) is 42.5 Å². The number of hydrogen-bond donors (Lipinski definition) is 1. The maximum absolute atomic E-state index is 12.5. The molecule has 2 heterocycles. The third-order valence-corrected chi connectivity index (χ3v) is 4.42. The van der Waals surface area contributed by atoms with E-state index >= 15 is 0 Å². The topological polar surface area (TPSA) is 81.3 Å². The van der Waals surface area contributed by atoms with Crippen molar-refractivity contribution in [3.8, 4) is 0 Å². The highest BCUT2D eigenvalue weighted by Crippen LogP contribution is 2.15. The van der Waals surface area contributed by atoms with Crippen molar-refractivity contribution in [1.82, 2.24) is 24.5 Å². The first kappa shape index (κ1) is 16.3.